The number of hydrogen-bond donors (Lipinski definition) is 0. The molecule has 0 aliphatic heterocycles. The fraction of sp³-hybridized carbons (Fsp3) is 0.235. The van der Waals surface area contributed by atoms with E-state index in [1.54, 1.807) is 12.1 Å². The van der Waals surface area contributed by atoms with E-state index in [9.17, 15) is 0 Å². The molecule has 0 amide bonds. The van der Waals surface area contributed by atoms with Gasteiger partial charge in [0, 0.05) is 18.1 Å². The first kappa shape index (κ1) is 15.4. The van der Waals surface area contributed by atoms with Crippen molar-refractivity contribution in [1.82, 2.24) is 4.90 Å². The van der Waals surface area contributed by atoms with Crippen LogP contribution in [0.5, 0.6) is 5.75 Å². The minimum atomic E-state index is 0.600. The first-order valence-corrected chi connectivity index (χ1v) is 7.11. The van der Waals surface area contributed by atoms with Gasteiger partial charge in [-0.2, -0.15) is 5.26 Å². The third-order valence-corrected chi connectivity index (χ3v) is 3.30. The zero-order valence-electron chi connectivity index (χ0n) is 11.9. The summed E-state index contributed by atoms with van der Waals surface area (Å²) in [6.07, 6.45) is 0. The summed E-state index contributed by atoms with van der Waals surface area (Å²) in [5, 5.41) is 9.49. The van der Waals surface area contributed by atoms with Crippen LogP contribution in [0.15, 0.2) is 48.5 Å². The summed E-state index contributed by atoms with van der Waals surface area (Å²) >= 11 is 5.97. The Morgan fingerprint density at radius 1 is 1.19 bits per heavy atom. The van der Waals surface area contributed by atoms with Crippen molar-refractivity contribution in [3.63, 3.8) is 0 Å². The highest BCUT2D eigenvalue weighted by molar-refractivity contribution is 6.30. The molecule has 0 aliphatic rings. The quantitative estimate of drug-likeness (QED) is 0.815. The maximum Gasteiger partial charge on any atom is 0.119 e. The lowest BCUT2D eigenvalue weighted by atomic mass is 10.2. The van der Waals surface area contributed by atoms with Crippen LogP contribution in [0.2, 0.25) is 5.02 Å². The van der Waals surface area contributed by atoms with Crippen LogP contribution < -0.4 is 4.74 Å². The van der Waals surface area contributed by atoms with Crippen molar-refractivity contribution in [1.29, 1.82) is 5.26 Å². The molecule has 0 aliphatic carbocycles. The molecule has 0 N–H and O–H groups in total. The van der Waals surface area contributed by atoms with Crippen LogP contribution in [0.1, 0.15) is 11.1 Å². The van der Waals surface area contributed by atoms with Gasteiger partial charge in [-0.25, -0.2) is 0 Å². The summed E-state index contributed by atoms with van der Waals surface area (Å²) in [7, 11) is 2.04. The van der Waals surface area contributed by atoms with E-state index >= 15 is 0 Å². The van der Waals surface area contributed by atoms with E-state index < -0.39 is 0 Å². The van der Waals surface area contributed by atoms with E-state index in [-0.39, 0.29) is 0 Å². The molecule has 21 heavy (non-hydrogen) atoms. The molecule has 0 aromatic heterocycles. The SMILES string of the molecule is CN(CCOc1ccc(C#N)cc1)Cc1cccc(Cl)c1. The second kappa shape index (κ2) is 7.68. The van der Waals surface area contributed by atoms with Crippen LogP contribution in [-0.4, -0.2) is 25.1 Å². The van der Waals surface area contributed by atoms with Gasteiger partial charge in [0.1, 0.15) is 12.4 Å². The number of rotatable bonds is 6. The van der Waals surface area contributed by atoms with Gasteiger partial charge in [-0.1, -0.05) is 23.7 Å². The van der Waals surface area contributed by atoms with Crippen molar-refractivity contribution in [2.24, 2.45) is 0 Å². The van der Waals surface area contributed by atoms with Gasteiger partial charge in [0.25, 0.3) is 0 Å². The molecule has 0 saturated heterocycles. The van der Waals surface area contributed by atoms with Gasteiger partial charge < -0.3 is 4.74 Å². The van der Waals surface area contributed by atoms with Gasteiger partial charge >= 0.3 is 0 Å². The molecule has 0 spiro atoms. The Morgan fingerprint density at radius 2 is 1.95 bits per heavy atom. The molecule has 0 saturated carbocycles. The molecule has 2 rings (SSSR count). The van der Waals surface area contributed by atoms with Crippen molar-refractivity contribution in [2.45, 2.75) is 6.54 Å². The topological polar surface area (TPSA) is 36.3 Å². The number of halogens is 1. The van der Waals surface area contributed by atoms with E-state index in [1.165, 1.54) is 5.56 Å². The monoisotopic (exact) mass is 300 g/mol. The van der Waals surface area contributed by atoms with E-state index in [4.69, 9.17) is 21.6 Å². The highest BCUT2D eigenvalue weighted by atomic mass is 35.5. The number of nitrogens with zero attached hydrogens (tertiary/aromatic N) is 2. The van der Waals surface area contributed by atoms with Crippen LogP contribution in [0.4, 0.5) is 0 Å². The van der Waals surface area contributed by atoms with Crippen LogP contribution in [0.25, 0.3) is 0 Å². The van der Waals surface area contributed by atoms with Crippen molar-refractivity contribution < 1.29 is 4.74 Å². The first-order chi connectivity index (χ1) is 10.2. The van der Waals surface area contributed by atoms with Crippen LogP contribution in [0, 0.1) is 11.3 Å². The molecule has 0 bridgehead atoms. The zero-order chi connectivity index (χ0) is 15.1. The summed E-state index contributed by atoms with van der Waals surface area (Å²) in [5.74, 6) is 0.783. The third-order valence-electron chi connectivity index (χ3n) is 3.07. The lowest BCUT2D eigenvalue weighted by molar-refractivity contribution is 0.233. The average Bonchev–Trinajstić information content (AvgIpc) is 2.48. The number of ether oxygens (including phenoxy) is 1. The molecule has 108 valence electrons. The molecule has 0 heterocycles. The predicted octanol–water partition coefficient (Wildman–Crippen LogP) is 3.72. The maximum atomic E-state index is 8.73. The number of benzene rings is 2. The molecular formula is C17H17ClN2O. The molecule has 0 atom stereocenters. The Kier molecular flexibility index (Phi) is 5.62. The smallest absolute Gasteiger partial charge is 0.119 e. The van der Waals surface area contributed by atoms with Gasteiger partial charge in [0.2, 0.25) is 0 Å². The Morgan fingerprint density at radius 3 is 2.62 bits per heavy atom. The zero-order valence-corrected chi connectivity index (χ0v) is 12.7. The average molecular weight is 301 g/mol. The van der Waals surface area contributed by atoms with Gasteiger partial charge in [-0.05, 0) is 49.0 Å². The molecule has 0 fully saturated rings. The lowest BCUT2D eigenvalue weighted by Gasteiger charge is -2.17. The summed E-state index contributed by atoms with van der Waals surface area (Å²) in [5.41, 5.74) is 1.82. The third kappa shape index (κ3) is 5.11. The fourth-order valence-electron chi connectivity index (χ4n) is 1.97. The Balaban J connectivity index is 1.76. The van der Waals surface area contributed by atoms with Gasteiger partial charge in [-0.15, -0.1) is 0 Å². The van der Waals surface area contributed by atoms with Crippen molar-refractivity contribution in [3.05, 3.63) is 64.7 Å². The second-order valence-electron chi connectivity index (χ2n) is 4.85. The van der Waals surface area contributed by atoms with E-state index in [1.807, 2.05) is 37.4 Å². The number of hydrogen-bond acceptors (Lipinski definition) is 3. The lowest BCUT2D eigenvalue weighted by Crippen LogP contribution is -2.23. The Hall–Kier alpha value is -2.02. The molecule has 4 heteroatoms. The highest BCUT2D eigenvalue weighted by Gasteiger charge is 2.02. The summed E-state index contributed by atoms with van der Waals surface area (Å²) in [6, 6.07) is 17.1. The fourth-order valence-corrected chi connectivity index (χ4v) is 2.18. The minimum Gasteiger partial charge on any atom is -0.492 e. The number of nitriles is 1. The molecule has 2 aromatic carbocycles. The summed E-state index contributed by atoms with van der Waals surface area (Å²) < 4.78 is 5.66. The largest absolute Gasteiger partial charge is 0.492 e. The van der Waals surface area contributed by atoms with Crippen molar-refractivity contribution in [3.8, 4) is 11.8 Å². The molecular weight excluding hydrogens is 284 g/mol. The van der Waals surface area contributed by atoms with Gasteiger partial charge in [0.05, 0.1) is 11.6 Å². The summed E-state index contributed by atoms with van der Waals surface area (Å²) in [4.78, 5) is 2.18. The standard InChI is InChI=1S/C17H17ClN2O/c1-20(13-15-3-2-4-16(18)11-15)9-10-21-17-7-5-14(12-19)6-8-17/h2-8,11H,9-10,13H2,1H3. The van der Waals surface area contributed by atoms with E-state index in [0.717, 1.165) is 23.9 Å². The first-order valence-electron chi connectivity index (χ1n) is 6.73. The normalized spacial score (nSPS) is 10.4. The molecule has 2 aromatic rings. The molecule has 3 nitrogen and oxygen atoms in total. The van der Waals surface area contributed by atoms with Crippen LogP contribution in [0.3, 0.4) is 0 Å². The summed E-state index contributed by atoms with van der Waals surface area (Å²) in [6.45, 7) is 2.24. The van der Waals surface area contributed by atoms with Gasteiger partial charge in [-0.3, -0.25) is 4.90 Å². The number of likely N-dealkylation sites (N-methyl/N-ethyl adjacent to an activating group) is 1. The molecule has 0 radical (unpaired) electrons. The van der Waals surface area contributed by atoms with Crippen molar-refractivity contribution in [2.75, 3.05) is 20.2 Å². The Bertz CT molecular complexity index is 619. The van der Waals surface area contributed by atoms with Crippen LogP contribution >= 0.6 is 11.6 Å². The van der Waals surface area contributed by atoms with E-state index in [0.29, 0.717) is 12.2 Å². The van der Waals surface area contributed by atoms with Gasteiger partial charge in [0.15, 0.2) is 0 Å². The van der Waals surface area contributed by atoms with Crippen molar-refractivity contribution >= 4 is 11.6 Å². The predicted molar refractivity (Wildman–Crippen MR) is 84.4 cm³/mol. The minimum absolute atomic E-state index is 0.600. The van der Waals surface area contributed by atoms with Crippen LogP contribution in [-0.2, 0) is 6.54 Å². The molecule has 0 unspecified atom stereocenters. The highest BCUT2D eigenvalue weighted by Crippen LogP contribution is 2.13. The Labute approximate surface area is 130 Å². The van der Waals surface area contributed by atoms with E-state index in [2.05, 4.69) is 17.0 Å². The second-order valence-corrected chi connectivity index (χ2v) is 5.29. The maximum absolute atomic E-state index is 8.73.